The molecular formula is C22H18Cl2N2O3S. The van der Waals surface area contributed by atoms with Gasteiger partial charge in [-0.25, -0.2) is 8.42 Å². The molecule has 5 nitrogen and oxygen atoms in total. The zero-order chi connectivity index (χ0) is 21.5. The van der Waals surface area contributed by atoms with Crippen LogP contribution in [0.2, 0.25) is 10.0 Å². The maximum Gasteiger partial charge on any atom is 0.264 e. The standard InChI is InChI=1S/C22H18Cl2N2O3S/c1-14-9-16-10-15(22(27)25-19-12-17(23)11-18(24)13-19)7-8-21(16)26(14)30(28,29)20-5-3-2-4-6-20/h2-8,10-14H,9H2,1H3,(H,25,27)/t14-/m1/s1. The van der Waals surface area contributed by atoms with E-state index < -0.39 is 10.0 Å². The summed E-state index contributed by atoms with van der Waals surface area (Å²) in [5.41, 5.74) is 2.31. The minimum Gasteiger partial charge on any atom is -0.322 e. The summed E-state index contributed by atoms with van der Waals surface area (Å²) < 4.78 is 27.7. The Labute approximate surface area is 185 Å². The lowest BCUT2D eigenvalue weighted by atomic mass is 10.1. The van der Waals surface area contributed by atoms with Crippen molar-refractivity contribution in [2.45, 2.75) is 24.3 Å². The van der Waals surface area contributed by atoms with Crippen LogP contribution in [0.25, 0.3) is 0 Å². The molecule has 1 atom stereocenters. The van der Waals surface area contributed by atoms with Gasteiger partial charge in [-0.2, -0.15) is 0 Å². The first-order chi connectivity index (χ1) is 14.3. The number of carbonyl (C=O) groups is 1. The molecule has 30 heavy (non-hydrogen) atoms. The monoisotopic (exact) mass is 460 g/mol. The molecule has 0 spiro atoms. The van der Waals surface area contributed by atoms with E-state index in [9.17, 15) is 13.2 Å². The fourth-order valence-electron chi connectivity index (χ4n) is 3.65. The molecule has 0 aliphatic carbocycles. The number of amides is 1. The summed E-state index contributed by atoms with van der Waals surface area (Å²) in [5, 5.41) is 3.61. The summed E-state index contributed by atoms with van der Waals surface area (Å²) in [5.74, 6) is -0.326. The minimum absolute atomic E-state index is 0.240. The molecule has 0 bridgehead atoms. The number of halogens is 2. The third-order valence-corrected chi connectivity index (χ3v) is 7.29. The van der Waals surface area contributed by atoms with Gasteiger partial charge in [-0.1, -0.05) is 41.4 Å². The number of hydrogen-bond donors (Lipinski definition) is 1. The molecule has 1 N–H and O–H groups in total. The van der Waals surface area contributed by atoms with E-state index in [1.807, 2.05) is 6.92 Å². The maximum absolute atomic E-state index is 13.2. The van der Waals surface area contributed by atoms with Gasteiger partial charge in [0.1, 0.15) is 0 Å². The van der Waals surface area contributed by atoms with Crippen LogP contribution in [-0.4, -0.2) is 20.4 Å². The topological polar surface area (TPSA) is 66.5 Å². The summed E-state index contributed by atoms with van der Waals surface area (Å²) in [6, 6.07) is 17.9. The van der Waals surface area contributed by atoms with E-state index in [1.54, 1.807) is 66.7 Å². The van der Waals surface area contributed by atoms with Gasteiger partial charge in [-0.15, -0.1) is 0 Å². The van der Waals surface area contributed by atoms with Gasteiger partial charge in [-0.3, -0.25) is 9.10 Å². The van der Waals surface area contributed by atoms with Crippen molar-refractivity contribution in [2.75, 3.05) is 9.62 Å². The van der Waals surface area contributed by atoms with Crippen LogP contribution in [0.5, 0.6) is 0 Å². The number of anilines is 2. The van der Waals surface area contributed by atoms with Crippen molar-refractivity contribution in [3.8, 4) is 0 Å². The molecule has 3 aromatic carbocycles. The number of nitrogens with zero attached hydrogens (tertiary/aromatic N) is 1. The van der Waals surface area contributed by atoms with Crippen molar-refractivity contribution < 1.29 is 13.2 Å². The zero-order valence-corrected chi connectivity index (χ0v) is 18.3. The Morgan fingerprint density at radius 2 is 1.67 bits per heavy atom. The molecule has 0 saturated carbocycles. The molecule has 8 heteroatoms. The van der Waals surface area contributed by atoms with Crippen molar-refractivity contribution in [3.05, 3.63) is 87.9 Å². The largest absolute Gasteiger partial charge is 0.322 e. The quantitative estimate of drug-likeness (QED) is 0.567. The Bertz CT molecular complexity index is 1210. The lowest BCUT2D eigenvalue weighted by molar-refractivity contribution is 0.102. The van der Waals surface area contributed by atoms with Gasteiger partial charge in [0, 0.05) is 27.3 Å². The number of sulfonamides is 1. The number of nitrogens with one attached hydrogen (secondary N) is 1. The minimum atomic E-state index is -3.69. The van der Waals surface area contributed by atoms with Crippen molar-refractivity contribution in [1.82, 2.24) is 0 Å². The van der Waals surface area contributed by atoms with Crippen molar-refractivity contribution in [1.29, 1.82) is 0 Å². The Morgan fingerprint density at radius 1 is 1.00 bits per heavy atom. The second-order valence-corrected chi connectivity index (χ2v) is 9.81. The first-order valence-corrected chi connectivity index (χ1v) is 11.4. The average molecular weight is 461 g/mol. The molecule has 0 radical (unpaired) electrons. The Morgan fingerprint density at radius 3 is 2.33 bits per heavy atom. The van der Waals surface area contributed by atoms with E-state index in [4.69, 9.17) is 23.2 Å². The third kappa shape index (κ3) is 3.90. The lowest BCUT2D eigenvalue weighted by Crippen LogP contribution is -2.35. The van der Waals surface area contributed by atoms with Crippen molar-refractivity contribution in [2.24, 2.45) is 0 Å². The highest BCUT2D eigenvalue weighted by Gasteiger charge is 2.36. The predicted octanol–water partition coefficient (Wildman–Crippen LogP) is 5.39. The van der Waals surface area contributed by atoms with E-state index in [0.717, 1.165) is 5.56 Å². The number of rotatable bonds is 4. The van der Waals surface area contributed by atoms with Crippen LogP contribution in [0.1, 0.15) is 22.8 Å². The molecule has 0 unspecified atom stereocenters. The zero-order valence-electron chi connectivity index (χ0n) is 16.0. The van der Waals surface area contributed by atoms with E-state index >= 15 is 0 Å². The van der Waals surface area contributed by atoms with Crippen LogP contribution in [-0.2, 0) is 16.4 Å². The van der Waals surface area contributed by atoms with E-state index in [2.05, 4.69) is 5.32 Å². The van der Waals surface area contributed by atoms with Gasteiger partial charge in [0.05, 0.1) is 10.6 Å². The molecule has 0 saturated heterocycles. The van der Waals surface area contributed by atoms with Crippen molar-refractivity contribution in [3.63, 3.8) is 0 Å². The Balaban J connectivity index is 1.63. The van der Waals surface area contributed by atoms with Crippen LogP contribution in [0.15, 0.2) is 71.6 Å². The van der Waals surface area contributed by atoms with Gasteiger partial charge in [0.2, 0.25) is 0 Å². The number of benzene rings is 3. The molecule has 154 valence electrons. The first kappa shape index (κ1) is 20.7. The second kappa shape index (κ2) is 7.95. The van der Waals surface area contributed by atoms with Crippen LogP contribution in [0, 0.1) is 0 Å². The van der Waals surface area contributed by atoms with Gasteiger partial charge in [-0.05, 0) is 67.4 Å². The number of fused-ring (bicyclic) bond motifs is 1. The third-order valence-electron chi connectivity index (χ3n) is 4.92. The Hall–Kier alpha value is -2.54. The molecule has 1 aliphatic rings. The smallest absolute Gasteiger partial charge is 0.264 e. The lowest BCUT2D eigenvalue weighted by Gasteiger charge is -2.24. The maximum atomic E-state index is 13.2. The normalized spacial score (nSPS) is 15.7. The molecule has 1 heterocycles. The molecule has 4 rings (SSSR count). The highest BCUT2D eigenvalue weighted by Crippen LogP contribution is 2.37. The molecule has 3 aromatic rings. The SMILES string of the molecule is C[C@@H]1Cc2cc(C(=O)Nc3cc(Cl)cc(Cl)c3)ccc2N1S(=O)(=O)c1ccccc1. The summed E-state index contributed by atoms with van der Waals surface area (Å²) in [4.78, 5) is 12.9. The van der Waals surface area contributed by atoms with Gasteiger partial charge in [0.25, 0.3) is 15.9 Å². The van der Waals surface area contributed by atoms with E-state index in [0.29, 0.717) is 33.4 Å². The fraction of sp³-hybridized carbons (Fsp3) is 0.136. The summed E-state index contributed by atoms with van der Waals surface area (Å²) in [6.45, 7) is 1.86. The van der Waals surface area contributed by atoms with Crippen LogP contribution in [0.4, 0.5) is 11.4 Å². The van der Waals surface area contributed by atoms with Gasteiger partial charge >= 0.3 is 0 Å². The second-order valence-electron chi connectivity index (χ2n) is 7.12. The highest BCUT2D eigenvalue weighted by molar-refractivity contribution is 7.92. The van der Waals surface area contributed by atoms with Crippen LogP contribution in [0.3, 0.4) is 0 Å². The average Bonchev–Trinajstić information content (AvgIpc) is 3.03. The summed E-state index contributed by atoms with van der Waals surface area (Å²) in [6.07, 6.45) is 0.519. The number of hydrogen-bond acceptors (Lipinski definition) is 3. The molecule has 1 aliphatic heterocycles. The highest BCUT2D eigenvalue weighted by atomic mass is 35.5. The van der Waals surface area contributed by atoms with Crippen molar-refractivity contribution >= 4 is 50.5 Å². The molecule has 0 fully saturated rings. The summed E-state index contributed by atoms with van der Waals surface area (Å²) >= 11 is 12.0. The molecule has 0 aromatic heterocycles. The predicted molar refractivity (Wildman–Crippen MR) is 120 cm³/mol. The molecular weight excluding hydrogens is 443 g/mol. The van der Waals surface area contributed by atoms with Crippen LogP contribution >= 0.6 is 23.2 Å². The van der Waals surface area contributed by atoms with Gasteiger partial charge < -0.3 is 5.32 Å². The summed E-state index contributed by atoms with van der Waals surface area (Å²) in [7, 11) is -3.69. The van der Waals surface area contributed by atoms with E-state index in [1.165, 1.54) is 4.31 Å². The van der Waals surface area contributed by atoms with E-state index in [-0.39, 0.29) is 16.8 Å². The molecule has 1 amide bonds. The van der Waals surface area contributed by atoms with Gasteiger partial charge in [0.15, 0.2) is 0 Å². The number of carbonyl (C=O) groups excluding carboxylic acids is 1. The fourth-order valence-corrected chi connectivity index (χ4v) is 5.89. The Kier molecular flexibility index (Phi) is 5.49. The van der Waals surface area contributed by atoms with Crippen LogP contribution < -0.4 is 9.62 Å². The first-order valence-electron chi connectivity index (χ1n) is 9.25.